The SMILES string of the molecule is CC(=O)C(CC(=O)c1nccn1C)c1cccs1. The first-order chi connectivity index (χ1) is 8.59. The first-order valence-corrected chi connectivity index (χ1v) is 6.52. The number of rotatable bonds is 5. The van der Waals surface area contributed by atoms with E-state index in [1.807, 2.05) is 17.5 Å². The summed E-state index contributed by atoms with van der Waals surface area (Å²) in [5, 5.41) is 1.91. The number of hydrogen-bond donors (Lipinski definition) is 0. The number of carbonyl (C=O) groups is 2. The van der Waals surface area contributed by atoms with Crippen LogP contribution in [-0.2, 0) is 11.8 Å². The Kier molecular flexibility index (Phi) is 3.72. The van der Waals surface area contributed by atoms with Crippen molar-refractivity contribution in [3.8, 4) is 0 Å². The van der Waals surface area contributed by atoms with Crippen molar-refractivity contribution in [2.75, 3.05) is 0 Å². The zero-order valence-corrected chi connectivity index (χ0v) is 11.1. The summed E-state index contributed by atoms with van der Waals surface area (Å²) in [4.78, 5) is 28.7. The molecular weight excluding hydrogens is 248 g/mol. The summed E-state index contributed by atoms with van der Waals surface area (Å²) in [6.07, 6.45) is 3.49. The van der Waals surface area contributed by atoms with Gasteiger partial charge < -0.3 is 4.57 Å². The second-order valence-electron chi connectivity index (χ2n) is 4.17. The molecule has 0 N–H and O–H groups in total. The number of nitrogens with zero attached hydrogens (tertiary/aromatic N) is 2. The summed E-state index contributed by atoms with van der Waals surface area (Å²) in [5.41, 5.74) is 0. The van der Waals surface area contributed by atoms with Crippen LogP contribution in [-0.4, -0.2) is 21.1 Å². The van der Waals surface area contributed by atoms with E-state index in [1.165, 1.54) is 18.3 Å². The molecule has 0 saturated carbocycles. The van der Waals surface area contributed by atoms with Gasteiger partial charge in [0.25, 0.3) is 0 Å². The summed E-state index contributed by atoms with van der Waals surface area (Å²) in [5.74, 6) is -0.0388. The van der Waals surface area contributed by atoms with Crippen LogP contribution in [0.5, 0.6) is 0 Å². The van der Waals surface area contributed by atoms with Gasteiger partial charge in [0.15, 0.2) is 11.6 Å². The van der Waals surface area contributed by atoms with Gasteiger partial charge in [0.2, 0.25) is 0 Å². The highest BCUT2D eigenvalue weighted by atomic mass is 32.1. The van der Waals surface area contributed by atoms with Gasteiger partial charge in [0, 0.05) is 30.7 Å². The molecule has 2 heterocycles. The van der Waals surface area contributed by atoms with Crippen molar-refractivity contribution < 1.29 is 9.59 Å². The van der Waals surface area contributed by atoms with Crippen LogP contribution in [0, 0.1) is 0 Å². The number of Topliss-reactive ketones (excluding diaryl/α,β-unsaturated/α-hetero) is 2. The Hall–Kier alpha value is -1.75. The van der Waals surface area contributed by atoms with Crippen LogP contribution >= 0.6 is 11.3 Å². The van der Waals surface area contributed by atoms with Crippen LogP contribution in [0.15, 0.2) is 29.9 Å². The summed E-state index contributed by atoms with van der Waals surface area (Å²) in [6, 6.07) is 3.78. The van der Waals surface area contributed by atoms with Crippen molar-refractivity contribution in [2.45, 2.75) is 19.3 Å². The molecule has 0 amide bonds. The van der Waals surface area contributed by atoms with Gasteiger partial charge in [-0.3, -0.25) is 9.59 Å². The van der Waals surface area contributed by atoms with Crippen molar-refractivity contribution in [1.29, 1.82) is 0 Å². The lowest BCUT2D eigenvalue weighted by molar-refractivity contribution is -0.118. The summed E-state index contributed by atoms with van der Waals surface area (Å²) < 4.78 is 1.67. The number of carbonyl (C=O) groups excluding carboxylic acids is 2. The highest BCUT2D eigenvalue weighted by molar-refractivity contribution is 7.10. The molecule has 2 aromatic rings. The zero-order valence-electron chi connectivity index (χ0n) is 10.3. The molecule has 0 radical (unpaired) electrons. The molecule has 0 fully saturated rings. The molecule has 0 aliphatic carbocycles. The molecular formula is C13H14N2O2S. The minimum Gasteiger partial charge on any atom is -0.332 e. The Morgan fingerprint density at radius 1 is 1.50 bits per heavy atom. The topological polar surface area (TPSA) is 52.0 Å². The highest BCUT2D eigenvalue weighted by Crippen LogP contribution is 2.26. The molecule has 94 valence electrons. The molecule has 2 aromatic heterocycles. The number of hydrogen-bond acceptors (Lipinski definition) is 4. The van der Waals surface area contributed by atoms with E-state index in [-0.39, 0.29) is 23.9 Å². The van der Waals surface area contributed by atoms with Crippen molar-refractivity contribution >= 4 is 22.9 Å². The summed E-state index contributed by atoms with van der Waals surface area (Å²) >= 11 is 1.50. The van der Waals surface area contributed by atoms with Gasteiger partial charge in [-0.05, 0) is 18.4 Å². The molecule has 0 aromatic carbocycles. The summed E-state index contributed by atoms with van der Waals surface area (Å²) in [7, 11) is 1.77. The van der Waals surface area contributed by atoms with Gasteiger partial charge in [-0.25, -0.2) is 4.98 Å². The molecule has 0 aliphatic heterocycles. The minimum atomic E-state index is -0.353. The Morgan fingerprint density at radius 3 is 2.78 bits per heavy atom. The second-order valence-corrected chi connectivity index (χ2v) is 5.15. The van der Waals surface area contributed by atoms with Gasteiger partial charge in [0.05, 0.1) is 5.92 Å². The lowest BCUT2D eigenvalue weighted by Crippen LogP contribution is -2.16. The van der Waals surface area contributed by atoms with Crippen molar-refractivity contribution in [3.63, 3.8) is 0 Å². The third kappa shape index (κ3) is 2.56. The predicted octanol–water partition coefficient (Wildman–Crippen LogP) is 2.43. The van der Waals surface area contributed by atoms with E-state index in [4.69, 9.17) is 0 Å². The van der Waals surface area contributed by atoms with Gasteiger partial charge in [-0.2, -0.15) is 0 Å². The Bertz CT molecular complexity index is 557. The standard InChI is InChI=1S/C13H14N2O2S/c1-9(16)10(12-4-3-7-18-12)8-11(17)13-14-5-6-15(13)2/h3-7,10H,8H2,1-2H3. The molecule has 1 atom stereocenters. The van der Waals surface area contributed by atoms with Crippen LogP contribution in [0.3, 0.4) is 0 Å². The maximum Gasteiger partial charge on any atom is 0.199 e. The highest BCUT2D eigenvalue weighted by Gasteiger charge is 2.23. The number of ketones is 2. The lowest BCUT2D eigenvalue weighted by Gasteiger charge is -2.10. The van der Waals surface area contributed by atoms with Gasteiger partial charge >= 0.3 is 0 Å². The Labute approximate surface area is 109 Å². The fourth-order valence-electron chi connectivity index (χ4n) is 1.85. The van der Waals surface area contributed by atoms with E-state index in [9.17, 15) is 9.59 Å². The van der Waals surface area contributed by atoms with Crippen LogP contribution in [0.25, 0.3) is 0 Å². The monoisotopic (exact) mass is 262 g/mol. The molecule has 5 heteroatoms. The zero-order chi connectivity index (χ0) is 13.1. The smallest absolute Gasteiger partial charge is 0.199 e. The van der Waals surface area contributed by atoms with Gasteiger partial charge in [-0.15, -0.1) is 11.3 Å². The normalized spacial score (nSPS) is 12.3. The lowest BCUT2D eigenvalue weighted by atomic mass is 9.96. The number of aromatic nitrogens is 2. The van der Waals surface area contributed by atoms with Crippen molar-refractivity contribution in [2.24, 2.45) is 7.05 Å². The third-order valence-corrected chi connectivity index (χ3v) is 3.82. The van der Waals surface area contributed by atoms with E-state index in [0.29, 0.717) is 5.82 Å². The van der Waals surface area contributed by atoms with Crippen LogP contribution < -0.4 is 0 Å². The second kappa shape index (κ2) is 5.27. The number of aryl methyl sites for hydroxylation is 1. The molecule has 4 nitrogen and oxygen atoms in total. The maximum absolute atomic E-state index is 12.1. The first-order valence-electron chi connectivity index (χ1n) is 5.64. The molecule has 0 saturated heterocycles. The predicted molar refractivity (Wildman–Crippen MR) is 69.9 cm³/mol. The fraction of sp³-hybridized carbons (Fsp3) is 0.308. The number of imidazole rings is 1. The van der Waals surface area contributed by atoms with Crippen molar-refractivity contribution in [3.05, 3.63) is 40.6 Å². The number of thiophene rings is 1. The largest absolute Gasteiger partial charge is 0.332 e. The van der Waals surface area contributed by atoms with Gasteiger partial charge in [0.1, 0.15) is 5.78 Å². The fourth-order valence-corrected chi connectivity index (χ4v) is 2.73. The Balaban J connectivity index is 2.18. The quantitative estimate of drug-likeness (QED) is 0.778. The maximum atomic E-state index is 12.1. The average Bonchev–Trinajstić information content (AvgIpc) is 2.95. The van der Waals surface area contributed by atoms with E-state index >= 15 is 0 Å². The summed E-state index contributed by atoms with van der Waals surface area (Å²) in [6.45, 7) is 1.52. The van der Waals surface area contributed by atoms with E-state index < -0.39 is 0 Å². The molecule has 2 rings (SSSR count). The van der Waals surface area contributed by atoms with E-state index in [2.05, 4.69) is 4.98 Å². The van der Waals surface area contributed by atoms with Crippen LogP contribution in [0.4, 0.5) is 0 Å². The molecule has 0 bridgehead atoms. The minimum absolute atomic E-state index is 0.0139. The van der Waals surface area contributed by atoms with Crippen LogP contribution in [0.2, 0.25) is 0 Å². The molecule has 1 unspecified atom stereocenters. The van der Waals surface area contributed by atoms with E-state index in [1.54, 1.807) is 24.0 Å². The molecule has 0 spiro atoms. The Morgan fingerprint density at radius 2 is 2.28 bits per heavy atom. The third-order valence-electron chi connectivity index (χ3n) is 2.84. The average molecular weight is 262 g/mol. The van der Waals surface area contributed by atoms with Crippen LogP contribution in [0.1, 0.15) is 34.8 Å². The van der Waals surface area contributed by atoms with Gasteiger partial charge in [-0.1, -0.05) is 6.07 Å². The van der Waals surface area contributed by atoms with Crippen molar-refractivity contribution in [1.82, 2.24) is 9.55 Å². The molecule has 0 aliphatic rings. The van der Waals surface area contributed by atoms with E-state index in [0.717, 1.165) is 4.88 Å². The molecule has 18 heavy (non-hydrogen) atoms. The first kappa shape index (κ1) is 12.7.